The van der Waals surface area contributed by atoms with Gasteiger partial charge in [0.15, 0.2) is 15.1 Å². The third-order valence-corrected chi connectivity index (χ3v) is 3.94. The van der Waals surface area contributed by atoms with E-state index in [0.717, 1.165) is 11.3 Å². The molecule has 0 atom stereocenters. The smallest absolute Gasteiger partial charge is 0.193 e. The van der Waals surface area contributed by atoms with Crippen molar-refractivity contribution >= 4 is 21.4 Å². The van der Waals surface area contributed by atoms with Crippen molar-refractivity contribution in [1.82, 2.24) is 5.32 Å². The van der Waals surface area contributed by atoms with Gasteiger partial charge in [-0.15, -0.1) is 0 Å². The number of rotatable bonds is 5. The van der Waals surface area contributed by atoms with E-state index in [1.165, 1.54) is 6.26 Å². The molecule has 0 radical (unpaired) electrons. The number of halogens is 1. The zero-order valence-electron chi connectivity index (χ0n) is 10.4. The van der Waals surface area contributed by atoms with Gasteiger partial charge in [0.25, 0.3) is 0 Å². The highest BCUT2D eigenvalue weighted by Crippen LogP contribution is 2.13. The molecule has 1 heterocycles. The zero-order chi connectivity index (χ0) is 13.9. The minimum absolute atomic E-state index is 0.328. The average molecular weight is 300 g/mol. The molecular weight excluding hydrogens is 286 g/mol. The molecule has 0 aliphatic rings. The van der Waals surface area contributed by atoms with Crippen LogP contribution in [0.3, 0.4) is 0 Å². The maximum Gasteiger partial charge on any atom is 0.193 e. The van der Waals surface area contributed by atoms with Crippen LogP contribution in [0.25, 0.3) is 0 Å². The van der Waals surface area contributed by atoms with E-state index in [4.69, 9.17) is 16.0 Å². The highest BCUT2D eigenvalue weighted by molar-refractivity contribution is 7.90. The number of hydrogen-bond donors (Lipinski definition) is 1. The van der Waals surface area contributed by atoms with Crippen LogP contribution in [0.15, 0.2) is 45.7 Å². The van der Waals surface area contributed by atoms with Crippen LogP contribution in [0.1, 0.15) is 11.3 Å². The Balaban J connectivity index is 1.90. The molecule has 2 aromatic rings. The van der Waals surface area contributed by atoms with Crippen molar-refractivity contribution in [2.75, 3.05) is 6.26 Å². The van der Waals surface area contributed by atoms with Crippen LogP contribution >= 0.6 is 11.6 Å². The van der Waals surface area contributed by atoms with Gasteiger partial charge in [-0.05, 0) is 41.4 Å². The Morgan fingerprint density at radius 2 is 1.79 bits per heavy atom. The van der Waals surface area contributed by atoms with E-state index in [2.05, 4.69) is 5.32 Å². The standard InChI is InChI=1S/C13H14ClNO3S/c1-19(16,17)12-5-2-10(3-6-12)8-15-9-11-4-7-13(14)18-11/h2-7,15H,8-9H2,1H3. The molecule has 0 fully saturated rings. The maximum absolute atomic E-state index is 11.3. The highest BCUT2D eigenvalue weighted by atomic mass is 35.5. The average Bonchev–Trinajstić information content (AvgIpc) is 2.75. The second-order valence-electron chi connectivity index (χ2n) is 4.23. The summed E-state index contributed by atoms with van der Waals surface area (Å²) in [5.74, 6) is 0.762. The minimum Gasteiger partial charge on any atom is -0.448 e. The molecule has 0 saturated carbocycles. The summed E-state index contributed by atoms with van der Waals surface area (Å²) in [5, 5.41) is 3.56. The van der Waals surface area contributed by atoms with Crippen LogP contribution in [-0.2, 0) is 22.9 Å². The van der Waals surface area contributed by atoms with Crippen LogP contribution in [-0.4, -0.2) is 14.7 Å². The van der Waals surface area contributed by atoms with Crippen molar-refractivity contribution in [3.8, 4) is 0 Å². The lowest BCUT2D eigenvalue weighted by molar-refractivity contribution is 0.484. The number of hydrogen-bond acceptors (Lipinski definition) is 4. The number of benzene rings is 1. The molecule has 2 rings (SSSR count). The van der Waals surface area contributed by atoms with Crippen LogP contribution < -0.4 is 5.32 Å². The van der Waals surface area contributed by atoms with E-state index in [0.29, 0.717) is 23.2 Å². The summed E-state index contributed by atoms with van der Waals surface area (Å²) >= 11 is 5.67. The summed E-state index contributed by atoms with van der Waals surface area (Å²) in [6.45, 7) is 1.20. The summed E-state index contributed by atoms with van der Waals surface area (Å²) in [6.07, 6.45) is 1.20. The second kappa shape index (κ2) is 5.77. The first-order valence-corrected chi connectivity index (χ1v) is 7.96. The molecule has 102 valence electrons. The normalized spacial score (nSPS) is 11.7. The molecule has 6 heteroatoms. The molecule has 0 saturated heterocycles. The summed E-state index contributed by atoms with van der Waals surface area (Å²) in [7, 11) is -3.13. The molecule has 0 aliphatic heterocycles. The lowest BCUT2D eigenvalue weighted by Gasteiger charge is -2.04. The Labute approximate surface area is 117 Å². The topological polar surface area (TPSA) is 59.3 Å². The Morgan fingerprint density at radius 3 is 2.32 bits per heavy atom. The number of nitrogens with one attached hydrogen (secondary N) is 1. The van der Waals surface area contributed by atoms with Crippen LogP contribution in [0.4, 0.5) is 0 Å². The van der Waals surface area contributed by atoms with E-state index in [9.17, 15) is 8.42 Å². The van der Waals surface area contributed by atoms with Crippen molar-refractivity contribution in [3.63, 3.8) is 0 Å². The molecule has 0 bridgehead atoms. The molecule has 4 nitrogen and oxygen atoms in total. The zero-order valence-corrected chi connectivity index (χ0v) is 12.0. The number of sulfone groups is 1. The van der Waals surface area contributed by atoms with Crippen molar-refractivity contribution < 1.29 is 12.8 Å². The molecule has 0 spiro atoms. The van der Waals surface area contributed by atoms with Gasteiger partial charge in [0.1, 0.15) is 5.76 Å². The van der Waals surface area contributed by atoms with Crippen molar-refractivity contribution in [3.05, 3.63) is 52.9 Å². The van der Waals surface area contributed by atoms with Crippen LogP contribution in [0, 0.1) is 0 Å². The van der Waals surface area contributed by atoms with E-state index in [-0.39, 0.29) is 0 Å². The minimum atomic E-state index is -3.13. The Morgan fingerprint density at radius 1 is 1.11 bits per heavy atom. The molecule has 1 aromatic carbocycles. The summed E-state index contributed by atoms with van der Waals surface area (Å²) in [4.78, 5) is 0.328. The Kier molecular flexibility index (Phi) is 4.29. The fourth-order valence-corrected chi connectivity index (χ4v) is 2.42. The van der Waals surface area contributed by atoms with E-state index in [1.54, 1.807) is 30.3 Å². The largest absolute Gasteiger partial charge is 0.448 e. The quantitative estimate of drug-likeness (QED) is 0.922. The predicted octanol–water partition coefficient (Wildman–Crippen LogP) is 2.63. The van der Waals surface area contributed by atoms with Gasteiger partial charge in [0.05, 0.1) is 11.4 Å². The van der Waals surface area contributed by atoms with Crippen molar-refractivity contribution in [1.29, 1.82) is 0 Å². The third-order valence-electron chi connectivity index (χ3n) is 2.61. The fourth-order valence-electron chi connectivity index (χ4n) is 1.63. The summed E-state index contributed by atoms with van der Waals surface area (Å²) < 4.78 is 27.8. The molecule has 0 aliphatic carbocycles. The van der Waals surface area contributed by atoms with Gasteiger partial charge in [0.2, 0.25) is 0 Å². The van der Waals surface area contributed by atoms with E-state index in [1.807, 2.05) is 6.07 Å². The van der Waals surface area contributed by atoms with Gasteiger partial charge in [-0.25, -0.2) is 8.42 Å². The van der Waals surface area contributed by atoms with Crippen molar-refractivity contribution in [2.24, 2.45) is 0 Å². The van der Waals surface area contributed by atoms with Gasteiger partial charge in [0, 0.05) is 12.8 Å². The first-order chi connectivity index (χ1) is 8.95. The lowest BCUT2D eigenvalue weighted by Crippen LogP contribution is -2.12. The molecule has 0 amide bonds. The van der Waals surface area contributed by atoms with Gasteiger partial charge < -0.3 is 9.73 Å². The SMILES string of the molecule is CS(=O)(=O)c1ccc(CNCc2ccc(Cl)o2)cc1. The number of furan rings is 1. The van der Waals surface area contributed by atoms with Crippen LogP contribution in [0.2, 0.25) is 5.22 Å². The monoisotopic (exact) mass is 299 g/mol. The van der Waals surface area contributed by atoms with Crippen LogP contribution in [0.5, 0.6) is 0 Å². The molecular formula is C13H14ClNO3S. The first kappa shape index (κ1) is 14.1. The second-order valence-corrected chi connectivity index (χ2v) is 6.61. The molecule has 1 aromatic heterocycles. The Hall–Kier alpha value is -1.30. The lowest BCUT2D eigenvalue weighted by atomic mass is 10.2. The van der Waals surface area contributed by atoms with Crippen molar-refractivity contribution in [2.45, 2.75) is 18.0 Å². The molecule has 19 heavy (non-hydrogen) atoms. The maximum atomic E-state index is 11.3. The van der Waals surface area contributed by atoms with Gasteiger partial charge >= 0.3 is 0 Å². The molecule has 1 N–H and O–H groups in total. The Bertz CT molecular complexity index is 647. The van der Waals surface area contributed by atoms with E-state index < -0.39 is 9.84 Å². The third kappa shape index (κ3) is 4.09. The van der Waals surface area contributed by atoms with E-state index >= 15 is 0 Å². The van der Waals surface area contributed by atoms with Gasteiger partial charge in [-0.3, -0.25) is 0 Å². The highest BCUT2D eigenvalue weighted by Gasteiger charge is 2.06. The summed E-state index contributed by atoms with van der Waals surface area (Å²) in [5.41, 5.74) is 1.00. The molecule has 0 unspecified atom stereocenters. The fraction of sp³-hybridized carbons (Fsp3) is 0.231. The van der Waals surface area contributed by atoms with Gasteiger partial charge in [-0.1, -0.05) is 12.1 Å². The van der Waals surface area contributed by atoms with Gasteiger partial charge in [-0.2, -0.15) is 0 Å². The first-order valence-electron chi connectivity index (χ1n) is 5.69. The summed E-state index contributed by atoms with van der Waals surface area (Å²) in [6, 6.07) is 10.3. The predicted molar refractivity (Wildman–Crippen MR) is 73.8 cm³/mol.